The molecular formula is C8H10N2O3. The van der Waals surface area contributed by atoms with Crippen molar-refractivity contribution in [3.63, 3.8) is 0 Å². The molecule has 3 N–H and O–H groups in total. The molecule has 5 heteroatoms. The largest absolute Gasteiger partial charge is 0.429 e. The van der Waals surface area contributed by atoms with Crippen LogP contribution >= 0.6 is 0 Å². The molecule has 1 unspecified atom stereocenters. The molecule has 70 valence electrons. The molecule has 0 saturated heterocycles. The number of rotatable bonds is 3. The van der Waals surface area contributed by atoms with Crippen molar-refractivity contribution in [1.82, 2.24) is 4.98 Å². The molecule has 0 spiro atoms. The van der Waals surface area contributed by atoms with Gasteiger partial charge >= 0.3 is 5.97 Å². The van der Waals surface area contributed by atoms with Gasteiger partial charge in [0.25, 0.3) is 0 Å². The topological polar surface area (TPSA) is 85.4 Å². The van der Waals surface area contributed by atoms with Crippen molar-refractivity contribution in [3.8, 4) is 0 Å². The lowest BCUT2D eigenvalue weighted by molar-refractivity contribution is -0.167. The number of pyridine rings is 1. The summed E-state index contributed by atoms with van der Waals surface area (Å²) < 4.78 is 4.51. The fourth-order valence-electron chi connectivity index (χ4n) is 0.755. The van der Waals surface area contributed by atoms with Crippen LogP contribution < -0.4 is 5.73 Å². The van der Waals surface area contributed by atoms with Crippen LogP contribution in [0.5, 0.6) is 0 Å². The van der Waals surface area contributed by atoms with E-state index < -0.39 is 12.3 Å². The number of ether oxygens (including phenoxy) is 1. The van der Waals surface area contributed by atoms with Crippen molar-refractivity contribution in [2.45, 2.75) is 6.29 Å². The summed E-state index contributed by atoms with van der Waals surface area (Å²) in [6.45, 7) is -0.260. The van der Waals surface area contributed by atoms with E-state index in [1.165, 1.54) is 6.20 Å². The molecule has 1 heterocycles. The number of carbonyl (C=O) groups excluding carboxylic acids is 1. The normalized spacial score (nSPS) is 12.2. The van der Waals surface area contributed by atoms with E-state index in [1.54, 1.807) is 18.2 Å². The number of hydrogen-bond donors (Lipinski definition) is 2. The minimum atomic E-state index is -1.34. The molecular weight excluding hydrogens is 172 g/mol. The second-order valence-corrected chi connectivity index (χ2v) is 2.30. The molecule has 0 saturated carbocycles. The van der Waals surface area contributed by atoms with Gasteiger partial charge in [-0.25, -0.2) is 0 Å². The molecule has 0 amide bonds. The van der Waals surface area contributed by atoms with E-state index in [0.29, 0.717) is 0 Å². The van der Waals surface area contributed by atoms with Gasteiger partial charge in [0, 0.05) is 6.20 Å². The SMILES string of the molecule is NCC(=O)OC(O)c1ccccn1. The quantitative estimate of drug-likeness (QED) is 0.489. The Hall–Kier alpha value is -1.46. The van der Waals surface area contributed by atoms with Crippen molar-refractivity contribution in [3.05, 3.63) is 30.1 Å². The highest BCUT2D eigenvalue weighted by molar-refractivity contribution is 5.71. The lowest BCUT2D eigenvalue weighted by Gasteiger charge is -2.09. The average Bonchev–Trinajstić information content (AvgIpc) is 2.19. The van der Waals surface area contributed by atoms with Gasteiger partial charge in [0.1, 0.15) is 5.69 Å². The van der Waals surface area contributed by atoms with Gasteiger partial charge in [0.2, 0.25) is 6.29 Å². The smallest absolute Gasteiger partial charge is 0.322 e. The molecule has 0 radical (unpaired) electrons. The van der Waals surface area contributed by atoms with Crippen LogP contribution in [0.3, 0.4) is 0 Å². The van der Waals surface area contributed by atoms with Crippen LogP contribution in [0.2, 0.25) is 0 Å². The predicted molar refractivity (Wildman–Crippen MR) is 44.3 cm³/mol. The molecule has 0 bridgehead atoms. The monoisotopic (exact) mass is 182 g/mol. The summed E-state index contributed by atoms with van der Waals surface area (Å²) in [6, 6.07) is 4.93. The molecule has 0 aromatic carbocycles. The van der Waals surface area contributed by atoms with Crippen LogP contribution in [-0.4, -0.2) is 22.6 Å². The molecule has 1 aromatic heterocycles. The van der Waals surface area contributed by atoms with E-state index in [2.05, 4.69) is 9.72 Å². The first-order chi connectivity index (χ1) is 6.24. The molecule has 5 nitrogen and oxygen atoms in total. The van der Waals surface area contributed by atoms with Gasteiger partial charge in [0.15, 0.2) is 0 Å². The van der Waals surface area contributed by atoms with Gasteiger partial charge in [-0.3, -0.25) is 9.78 Å². The highest BCUT2D eigenvalue weighted by Crippen LogP contribution is 2.09. The van der Waals surface area contributed by atoms with E-state index in [0.717, 1.165) is 0 Å². The standard InChI is InChI=1S/C8H10N2O3/c9-5-7(11)13-8(12)6-3-1-2-4-10-6/h1-4,8,12H,5,9H2. The Morgan fingerprint density at radius 1 is 1.69 bits per heavy atom. The van der Waals surface area contributed by atoms with Crippen LogP contribution in [0.1, 0.15) is 12.0 Å². The number of nitrogens with two attached hydrogens (primary N) is 1. The summed E-state index contributed by atoms with van der Waals surface area (Å²) in [4.78, 5) is 14.5. The molecule has 1 atom stereocenters. The third kappa shape index (κ3) is 2.81. The Balaban J connectivity index is 2.59. The third-order valence-corrected chi connectivity index (χ3v) is 1.35. The van der Waals surface area contributed by atoms with Gasteiger partial charge in [0.05, 0.1) is 6.54 Å². The maximum absolute atomic E-state index is 10.7. The summed E-state index contributed by atoms with van der Waals surface area (Å²) in [5, 5.41) is 9.26. The second-order valence-electron chi connectivity index (χ2n) is 2.30. The van der Waals surface area contributed by atoms with Gasteiger partial charge in [-0.05, 0) is 12.1 Å². The van der Waals surface area contributed by atoms with Crippen LogP contribution in [0.4, 0.5) is 0 Å². The summed E-state index contributed by atoms with van der Waals surface area (Å²) >= 11 is 0. The summed E-state index contributed by atoms with van der Waals surface area (Å²) in [5.41, 5.74) is 5.27. The van der Waals surface area contributed by atoms with Crippen molar-refractivity contribution in [2.75, 3.05) is 6.54 Å². The fraction of sp³-hybridized carbons (Fsp3) is 0.250. The zero-order valence-electron chi connectivity index (χ0n) is 6.88. The van der Waals surface area contributed by atoms with Crippen molar-refractivity contribution in [1.29, 1.82) is 0 Å². The van der Waals surface area contributed by atoms with E-state index in [1.807, 2.05) is 0 Å². The van der Waals surface area contributed by atoms with Crippen LogP contribution in [-0.2, 0) is 9.53 Å². The minimum absolute atomic E-state index is 0.260. The molecule has 1 rings (SSSR count). The van der Waals surface area contributed by atoms with Gasteiger partial charge in [-0.15, -0.1) is 0 Å². The van der Waals surface area contributed by atoms with E-state index in [-0.39, 0.29) is 12.2 Å². The Morgan fingerprint density at radius 2 is 2.46 bits per heavy atom. The summed E-state index contributed by atoms with van der Waals surface area (Å²) in [7, 11) is 0. The molecule has 13 heavy (non-hydrogen) atoms. The molecule has 0 aliphatic heterocycles. The highest BCUT2D eigenvalue weighted by atomic mass is 16.6. The fourth-order valence-corrected chi connectivity index (χ4v) is 0.755. The molecule has 1 aromatic rings. The number of aliphatic hydroxyl groups excluding tert-OH is 1. The molecule has 0 aliphatic rings. The number of esters is 1. The van der Waals surface area contributed by atoms with Crippen LogP contribution in [0.25, 0.3) is 0 Å². The first-order valence-corrected chi connectivity index (χ1v) is 3.72. The highest BCUT2D eigenvalue weighted by Gasteiger charge is 2.12. The number of carbonyl (C=O) groups is 1. The van der Waals surface area contributed by atoms with E-state index in [9.17, 15) is 9.90 Å². The van der Waals surface area contributed by atoms with E-state index in [4.69, 9.17) is 5.73 Å². The van der Waals surface area contributed by atoms with Crippen LogP contribution in [0.15, 0.2) is 24.4 Å². The Kier molecular flexibility index (Phi) is 3.36. The lowest BCUT2D eigenvalue weighted by Crippen LogP contribution is -2.19. The third-order valence-electron chi connectivity index (χ3n) is 1.35. The Morgan fingerprint density at radius 3 is 3.00 bits per heavy atom. The predicted octanol–water partition coefficient (Wildman–Crippen LogP) is -0.426. The van der Waals surface area contributed by atoms with Gasteiger partial charge in [-0.1, -0.05) is 6.07 Å². The Bertz CT molecular complexity index is 276. The maximum Gasteiger partial charge on any atom is 0.322 e. The lowest BCUT2D eigenvalue weighted by atomic mass is 10.3. The summed E-state index contributed by atoms with van der Waals surface area (Å²) in [5.74, 6) is -0.668. The average molecular weight is 182 g/mol. The minimum Gasteiger partial charge on any atom is -0.429 e. The van der Waals surface area contributed by atoms with Gasteiger partial charge < -0.3 is 15.6 Å². The second kappa shape index (κ2) is 4.54. The number of aliphatic hydroxyl groups is 1. The first kappa shape index (κ1) is 9.63. The van der Waals surface area contributed by atoms with E-state index >= 15 is 0 Å². The summed E-state index contributed by atoms with van der Waals surface area (Å²) in [6.07, 6.45) is 0.159. The zero-order valence-corrected chi connectivity index (χ0v) is 6.88. The zero-order chi connectivity index (χ0) is 9.68. The Labute approximate surface area is 75.2 Å². The van der Waals surface area contributed by atoms with Crippen molar-refractivity contribution in [2.24, 2.45) is 5.73 Å². The van der Waals surface area contributed by atoms with Gasteiger partial charge in [-0.2, -0.15) is 0 Å². The number of hydrogen-bond acceptors (Lipinski definition) is 5. The first-order valence-electron chi connectivity index (χ1n) is 3.72. The molecule has 0 aliphatic carbocycles. The number of nitrogens with zero attached hydrogens (tertiary/aromatic N) is 1. The number of aromatic nitrogens is 1. The van der Waals surface area contributed by atoms with Crippen molar-refractivity contribution < 1.29 is 14.6 Å². The maximum atomic E-state index is 10.7. The van der Waals surface area contributed by atoms with Crippen LogP contribution in [0, 0.1) is 0 Å². The molecule has 0 fully saturated rings. The van der Waals surface area contributed by atoms with Crippen molar-refractivity contribution >= 4 is 5.97 Å².